The van der Waals surface area contributed by atoms with Crippen LogP contribution in [0, 0.1) is 11.7 Å². The Labute approximate surface area is 126 Å². The molecule has 0 aromatic heterocycles. The number of hydrogen-bond acceptors (Lipinski definition) is 2. The molecule has 2 aromatic carbocycles. The average molecular weight is 287 g/mol. The summed E-state index contributed by atoms with van der Waals surface area (Å²) < 4.78 is 19.2. The molecule has 0 bridgehead atoms. The lowest BCUT2D eigenvalue weighted by atomic mass is 10.1. The fraction of sp³-hybridized carbons (Fsp3) is 0.333. The molecule has 21 heavy (non-hydrogen) atoms. The third kappa shape index (κ3) is 5.20. The standard InChI is InChI=1S/C18H22FNO/c1-14(2)11-20-12-16-10-17(19)8-9-18(16)21-13-15-6-4-3-5-7-15/h3-10,14,20H,11-13H2,1-2H3. The summed E-state index contributed by atoms with van der Waals surface area (Å²) in [4.78, 5) is 0. The summed E-state index contributed by atoms with van der Waals surface area (Å²) in [6.07, 6.45) is 0. The van der Waals surface area contributed by atoms with Gasteiger partial charge in [-0.3, -0.25) is 0 Å². The molecule has 3 heteroatoms. The summed E-state index contributed by atoms with van der Waals surface area (Å²) in [6.45, 7) is 6.29. The van der Waals surface area contributed by atoms with E-state index in [2.05, 4.69) is 19.2 Å². The van der Waals surface area contributed by atoms with Crippen LogP contribution >= 0.6 is 0 Å². The lowest BCUT2D eigenvalue weighted by Gasteiger charge is -2.13. The first-order valence-corrected chi connectivity index (χ1v) is 7.31. The molecule has 0 aliphatic carbocycles. The number of halogens is 1. The van der Waals surface area contributed by atoms with Crippen LogP contribution in [0.25, 0.3) is 0 Å². The summed E-state index contributed by atoms with van der Waals surface area (Å²) in [6, 6.07) is 14.6. The molecule has 0 saturated heterocycles. The van der Waals surface area contributed by atoms with Crippen molar-refractivity contribution < 1.29 is 9.13 Å². The second-order valence-corrected chi connectivity index (χ2v) is 5.55. The van der Waals surface area contributed by atoms with Crippen LogP contribution in [-0.2, 0) is 13.2 Å². The minimum Gasteiger partial charge on any atom is -0.489 e. The van der Waals surface area contributed by atoms with Crippen LogP contribution in [0.1, 0.15) is 25.0 Å². The molecule has 1 N–H and O–H groups in total. The van der Waals surface area contributed by atoms with Crippen molar-refractivity contribution in [3.8, 4) is 5.75 Å². The molecule has 0 radical (unpaired) electrons. The lowest BCUT2D eigenvalue weighted by Crippen LogP contribution is -2.19. The van der Waals surface area contributed by atoms with Gasteiger partial charge in [0.05, 0.1) is 0 Å². The van der Waals surface area contributed by atoms with E-state index in [1.54, 1.807) is 6.07 Å². The Kier molecular flexibility index (Phi) is 5.76. The molecule has 0 aliphatic rings. The van der Waals surface area contributed by atoms with Gasteiger partial charge in [-0.1, -0.05) is 44.2 Å². The number of hydrogen-bond donors (Lipinski definition) is 1. The van der Waals surface area contributed by atoms with Gasteiger partial charge in [0, 0.05) is 12.1 Å². The van der Waals surface area contributed by atoms with Crippen molar-refractivity contribution in [1.82, 2.24) is 5.32 Å². The number of benzene rings is 2. The summed E-state index contributed by atoms with van der Waals surface area (Å²) in [5.74, 6) is 1.06. The van der Waals surface area contributed by atoms with E-state index >= 15 is 0 Å². The van der Waals surface area contributed by atoms with Crippen molar-refractivity contribution in [2.24, 2.45) is 5.92 Å². The fourth-order valence-corrected chi connectivity index (χ4v) is 2.06. The molecule has 0 heterocycles. The fourth-order valence-electron chi connectivity index (χ4n) is 2.06. The van der Waals surface area contributed by atoms with E-state index in [4.69, 9.17) is 4.74 Å². The first-order chi connectivity index (χ1) is 10.1. The SMILES string of the molecule is CC(C)CNCc1cc(F)ccc1OCc1ccccc1. The molecule has 0 aliphatic heterocycles. The Balaban J connectivity index is 2.00. The highest BCUT2D eigenvalue weighted by molar-refractivity contribution is 5.34. The Morgan fingerprint density at radius 2 is 1.86 bits per heavy atom. The summed E-state index contributed by atoms with van der Waals surface area (Å²) in [5, 5.41) is 3.32. The molecule has 0 atom stereocenters. The zero-order chi connectivity index (χ0) is 15.1. The Hall–Kier alpha value is -1.87. The number of nitrogens with one attached hydrogen (secondary N) is 1. The molecule has 112 valence electrons. The molecule has 2 rings (SSSR count). The monoisotopic (exact) mass is 287 g/mol. The van der Waals surface area contributed by atoms with Gasteiger partial charge in [0.1, 0.15) is 18.2 Å². The van der Waals surface area contributed by atoms with Gasteiger partial charge < -0.3 is 10.1 Å². The maximum absolute atomic E-state index is 13.4. The average Bonchev–Trinajstić information content (AvgIpc) is 2.47. The van der Waals surface area contributed by atoms with E-state index in [1.165, 1.54) is 12.1 Å². The smallest absolute Gasteiger partial charge is 0.124 e. The van der Waals surface area contributed by atoms with Crippen LogP contribution in [0.4, 0.5) is 4.39 Å². The van der Waals surface area contributed by atoms with Gasteiger partial charge in [0.25, 0.3) is 0 Å². The van der Waals surface area contributed by atoms with Crippen molar-refractivity contribution in [2.45, 2.75) is 27.0 Å². The van der Waals surface area contributed by atoms with E-state index in [-0.39, 0.29) is 5.82 Å². The van der Waals surface area contributed by atoms with Crippen LogP contribution in [-0.4, -0.2) is 6.54 Å². The van der Waals surface area contributed by atoms with Gasteiger partial charge in [0.2, 0.25) is 0 Å². The van der Waals surface area contributed by atoms with Crippen molar-refractivity contribution in [1.29, 1.82) is 0 Å². The van der Waals surface area contributed by atoms with Crippen LogP contribution in [0.3, 0.4) is 0 Å². The molecule has 0 unspecified atom stereocenters. The molecule has 0 spiro atoms. The van der Waals surface area contributed by atoms with Crippen molar-refractivity contribution in [2.75, 3.05) is 6.54 Å². The minimum absolute atomic E-state index is 0.233. The largest absolute Gasteiger partial charge is 0.489 e. The topological polar surface area (TPSA) is 21.3 Å². The van der Waals surface area contributed by atoms with Gasteiger partial charge in [-0.25, -0.2) is 4.39 Å². The van der Waals surface area contributed by atoms with Gasteiger partial charge in [-0.15, -0.1) is 0 Å². The second-order valence-electron chi connectivity index (χ2n) is 5.55. The lowest BCUT2D eigenvalue weighted by molar-refractivity contribution is 0.301. The maximum Gasteiger partial charge on any atom is 0.124 e. The van der Waals surface area contributed by atoms with Gasteiger partial charge in [-0.05, 0) is 36.2 Å². The normalized spacial score (nSPS) is 10.9. The highest BCUT2D eigenvalue weighted by Crippen LogP contribution is 2.21. The first-order valence-electron chi connectivity index (χ1n) is 7.31. The van der Waals surface area contributed by atoms with E-state index in [0.29, 0.717) is 19.1 Å². The minimum atomic E-state index is -0.233. The second kappa shape index (κ2) is 7.79. The Bertz CT molecular complexity index is 554. The van der Waals surface area contributed by atoms with Crippen LogP contribution in [0.15, 0.2) is 48.5 Å². The summed E-state index contributed by atoms with van der Waals surface area (Å²) >= 11 is 0. The van der Waals surface area contributed by atoms with Crippen LogP contribution in [0.2, 0.25) is 0 Å². The molecule has 0 amide bonds. The Morgan fingerprint density at radius 1 is 1.10 bits per heavy atom. The molecule has 0 saturated carbocycles. The van der Waals surface area contributed by atoms with E-state index in [1.807, 2.05) is 30.3 Å². The predicted octanol–water partition coefficient (Wildman–Crippen LogP) is 4.15. The highest BCUT2D eigenvalue weighted by Gasteiger charge is 2.06. The zero-order valence-electron chi connectivity index (χ0n) is 12.6. The number of rotatable bonds is 7. The van der Waals surface area contributed by atoms with Gasteiger partial charge in [-0.2, -0.15) is 0 Å². The molecular formula is C18H22FNO. The summed E-state index contributed by atoms with van der Waals surface area (Å²) in [7, 11) is 0. The van der Waals surface area contributed by atoms with Gasteiger partial charge >= 0.3 is 0 Å². The highest BCUT2D eigenvalue weighted by atomic mass is 19.1. The van der Waals surface area contributed by atoms with Crippen molar-refractivity contribution in [3.63, 3.8) is 0 Å². The van der Waals surface area contributed by atoms with Crippen LogP contribution in [0.5, 0.6) is 5.75 Å². The number of ether oxygens (including phenoxy) is 1. The third-order valence-electron chi connectivity index (χ3n) is 3.13. The summed E-state index contributed by atoms with van der Waals surface area (Å²) in [5.41, 5.74) is 1.95. The van der Waals surface area contributed by atoms with Crippen molar-refractivity contribution >= 4 is 0 Å². The molecule has 2 aromatic rings. The van der Waals surface area contributed by atoms with E-state index < -0.39 is 0 Å². The third-order valence-corrected chi connectivity index (χ3v) is 3.13. The van der Waals surface area contributed by atoms with Crippen LogP contribution < -0.4 is 10.1 Å². The quantitative estimate of drug-likeness (QED) is 0.826. The molecule has 2 nitrogen and oxygen atoms in total. The molecular weight excluding hydrogens is 265 g/mol. The van der Waals surface area contributed by atoms with Crippen molar-refractivity contribution in [3.05, 3.63) is 65.5 Å². The Morgan fingerprint density at radius 3 is 2.57 bits per heavy atom. The molecule has 0 fully saturated rings. The van der Waals surface area contributed by atoms with Gasteiger partial charge in [0.15, 0.2) is 0 Å². The van der Waals surface area contributed by atoms with E-state index in [9.17, 15) is 4.39 Å². The zero-order valence-corrected chi connectivity index (χ0v) is 12.6. The first kappa shape index (κ1) is 15.5. The predicted molar refractivity (Wildman–Crippen MR) is 83.7 cm³/mol. The van der Waals surface area contributed by atoms with E-state index in [0.717, 1.165) is 23.4 Å². The maximum atomic E-state index is 13.4.